The first kappa shape index (κ1) is 23.7. The molecule has 1 saturated heterocycles. The summed E-state index contributed by atoms with van der Waals surface area (Å²) in [6.45, 7) is 5.02. The van der Waals surface area contributed by atoms with Crippen LogP contribution in [0.2, 0.25) is 0 Å². The lowest BCUT2D eigenvalue weighted by Gasteiger charge is -2.26. The van der Waals surface area contributed by atoms with Crippen LogP contribution >= 0.6 is 0 Å². The van der Waals surface area contributed by atoms with Gasteiger partial charge in [-0.05, 0) is 73.9 Å². The maximum absolute atomic E-state index is 13.6. The zero-order valence-electron chi connectivity index (χ0n) is 21.0. The van der Waals surface area contributed by atoms with Crippen LogP contribution in [0.1, 0.15) is 33.8 Å². The Kier molecular flexibility index (Phi) is 5.63. The fourth-order valence-corrected chi connectivity index (χ4v) is 5.34. The van der Waals surface area contributed by atoms with Crippen LogP contribution in [0.4, 0.5) is 14.9 Å². The highest BCUT2D eigenvalue weighted by atomic mass is 19.1. The van der Waals surface area contributed by atoms with Gasteiger partial charge in [-0.25, -0.2) is 9.18 Å². The highest BCUT2D eigenvalue weighted by Gasteiger charge is 2.25. The molecule has 0 saturated carbocycles. The van der Waals surface area contributed by atoms with Gasteiger partial charge in [-0.2, -0.15) is 0 Å². The summed E-state index contributed by atoms with van der Waals surface area (Å²) in [5.74, 6) is -0.262. The molecule has 3 aromatic carbocycles. The molecule has 2 amide bonds. The van der Waals surface area contributed by atoms with Crippen LogP contribution in [0.3, 0.4) is 0 Å². The number of fused-ring (bicyclic) bond motifs is 3. The van der Waals surface area contributed by atoms with E-state index in [1.54, 1.807) is 23.1 Å². The molecular weight excluding hydrogens is 487 g/mol. The number of carbonyl (C=O) groups excluding carboxylic acids is 2. The molecule has 8 nitrogen and oxygen atoms in total. The number of halogens is 1. The number of rotatable bonds is 5. The van der Waals surface area contributed by atoms with E-state index < -0.39 is 12.0 Å². The normalized spacial score (nSPS) is 13.9. The SMILES string of the molecule is Cc1noc(C)c1-c1cc(C(N)=O)c2c3cc(N4CCCOC4=O)ccc3n(Cc3ccc(F)cc3)c2c1. The van der Waals surface area contributed by atoms with Crippen LogP contribution in [-0.2, 0) is 11.3 Å². The number of nitrogens with zero attached hydrogens (tertiary/aromatic N) is 3. The van der Waals surface area contributed by atoms with Crippen LogP contribution in [0, 0.1) is 19.7 Å². The van der Waals surface area contributed by atoms with Crippen LogP contribution < -0.4 is 10.6 Å². The van der Waals surface area contributed by atoms with Gasteiger partial charge >= 0.3 is 6.09 Å². The summed E-state index contributed by atoms with van der Waals surface area (Å²) in [4.78, 5) is 26.9. The Bertz CT molecular complexity index is 1720. The van der Waals surface area contributed by atoms with Gasteiger partial charge in [-0.3, -0.25) is 9.69 Å². The lowest BCUT2D eigenvalue weighted by Crippen LogP contribution is -2.37. The van der Waals surface area contributed by atoms with Gasteiger partial charge in [0.05, 0.1) is 17.8 Å². The number of nitrogens with two attached hydrogens (primary N) is 1. The second-order valence-electron chi connectivity index (χ2n) is 9.51. The Morgan fingerprint density at radius 2 is 1.87 bits per heavy atom. The number of benzene rings is 3. The molecule has 1 aliphatic rings. The average Bonchev–Trinajstić information content (AvgIpc) is 3.40. The number of primary amides is 1. The van der Waals surface area contributed by atoms with Crippen molar-refractivity contribution in [3.8, 4) is 11.1 Å². The first-order valence-corrected chi connectivity index (χ1v) is 12.3. The highest BCUT2D eigenvalue weighted by Crippen LogP contribution is 2.39. The molecule has 3 heterocycles. The molecule has 5 aromatic rings. The van der Waals surface area contributed by atoms with Crippen LogP contribution in [-0.4, -0.2) is 34.9 Å². The van der Waals surface area contributed by atoms with E-state index in [1.165, 1.54) is 12.1 Å². The molecular formula is C29H25FN4O4. The van der Waals surface area contributed by atoms with E-state index in [4.69, 9.17) is 15.0 Å². The molecule has 38 heavy (non-hydrogen) atoms. The third-order valence-corrected chi connectivity index (χ3v) is 7.07. The van der Waals surface area contributed by atoms with Gasteiger partial charge in [0.2, 0.25) is 5.91 Å². The van der Waals surface area contributed by atoms with Gasteiger partial charge in [0.25, 0.3) is 0 Å². The van der Waals surface area contributed by atoms with E-state index in [0.29, 0.717) is 47.8 Å². The number of cyclic esters (lactones) is 1. The lowest BCUT2D eigenvalue weighted by molar-refractivity contribution is 0.100. The van der Waals surface area contributed by atoms with Gasteiger partial charge in [0.15, 0.2) is 0 Å². The minimum absolute atomic E-state index is 0.314. The van der Waals surface area contributed by atoms with E-state index in [-0.39, 0.29) is 5.82 Å². The van der Waals surface area contributed by atoms with Crippen LogP contribution in [0.25, 0.3) is 32.9 Å². The summed E-state index contributed by atoms with van der Waals surface area (Å²) < 4.78 is 26.3. The second-order valence-corrected chi connectivity index (χ2v) is 9.51. The van der Waals surface area contributed by atoms with Crippen molar-refractivity contribution >= 4 is 39.5 Å². The van der Waals surface area contributed by atoms with Gasteiger partial charge < -0.3 is 19.6 Å². The highest BCUT2D eigenvalue weighted by molar-refractivity contribution is 6.19. The Balaban J connectivity index is 1.65. The molecule has 0 spiro atoms. The lowest BCUT2D eigenvalue weighted by atomic mass is 9.97. The number of aryl methyl sites for hydroxylation is 2. The minimum Gasteiger partial charge on any atom is -0.449 e. The molecule has 9 heteroatoms. The topological polar surface area (TPSA) is 104 Å². The standard InChI is InChI=1S/C29H25FN4O4/c1-16-26(17(2)38-32-16)19-12-23(28(31)35)27-22-14-21(33-10-3-11-37-29(33)36)8-9-24(22)34(25(27)13-19)15-18-4-6-20(30)7-5-18/h4-9,12-14H,3,10-11,15H2,1-2H3,(H2,31,35). The molecule has 0 aliphatic carbocycles. The molecule has 2 N–H and O–H groups in total. The number of aromatic nitrogens is 2. The van der Waals surface area contributed by atoms with E-state index in [1.807, 2.05) is 38.1 Å². The van der Waals surface area contributed by atoms with Crippen molar-refractivity contribution in [2.45, 2.75) is 26.8 Å². The van der Waals surface area contributed by atoms with Gasteiger partial charge in [0, 0.05) is 46.2 Å². The quantitative estimate of drug-likeness (QED) is 0.325. The summed E-state index contributed by atoms with van der Waals surface area (Å²) in [5, 5.41) is 5.53. The number of hydrogen-bond acceptors (Lipinski definition) is 5. The number of ether oxygens (including phenoxy) is 1. The summed E-state index contributed by atoms with van der Waals surface area (Å²) >= 11 is 0. The molecule has 0 radical (unpaired) electrons. The van der Waals surface area contributed by atoms with Crippen molar-refractivity contribution in [2.24, 2.45) is 5.73 Å². The molecule has 0 atom stereocenters. The van der Waals surface area contributed by atoms with Crippen molar-refractivity contribution in [3.63, 3.8) is 0 Å². The first-order chi connectivity index (χ1) is 18.3. The first-order valence-electron chi connectivity index (χ1n) is 12.3. The van der Waals surface area contributed by atoms with Crippen molar-refractivity contribution in [2.75, 3.05) is 18.1 Å². The van der Waals surface area contributed by atoms with E-state index in [2.05, 4.69) is 9.72 Å². The fraction of sp³-hybridized carbons (Fsp3) is 0.207. The Morgan fingerprint density at radius 3 is 2.55 bits per heavy atom. The molecule has 1 fully saturated rings. The van der Waals surface area contributed by atoms with Crippen molar-refractivity contribution in [1.29, 1.82) is 0 Å². The minimum atomic E-state index is -0.577. The summed E-state index contributed by atoms with van der Waals surface area (Å²) in [6.07, 6.45) is 0.324. The molecule has 192 valence electrons. The second kappa shape index (κ2) is 9.02. The van der Waals surface area contributed by atoms with Crippen molar-refractivity contribution < 1.29 is 23.2 Å². The summed E-state index contributed by atoms with van der Waals surface area (Å²) in [6, 6.07) is 15.8. The summed E-state index contributed by atoms with van der Waals surface area (Å²) in [7, 11) is 0. The van der Waals surface area contributed by atoms with Gasteiger partial charge in [0.1, 0.15) is 11.6 Å². The Hall–Kier alpha value is -4.66. The van der Waals surface area contributed by atoms with Crippen molar-refractivity contribution in [3.05, 3.63) is 83.0 Å². The Morgan fingerprint density at radius 1 is 1.08 bits per heavy atom. The van der Waals surface area contributed by atoms with Crippen LogP contribution in [0.15, 0.2) is 59.1 Å². The maximum Gasteiger partial charge on any atom is 0.414 e. The van der Waals surface area contributed by atoms with Gasteiger partial charge in [-0.15, -0.1) is 0 Å². The zero-order valence-corrected chi connectivity index (χ0v) is 21.0. The number of hydrogen-bond donors (Lipinski definition) is 1. The molecule has 0 unspecified atom stereocenters. The van der Waals surface area contributed by atoms with Crippen molar-refractivity contribution in [1.82, 2.24) is 9.72 Å². The third-order valence-electron chi connectivity index (χ3n) is 7.07. The van der Waals surface area contributed by atoms with E-state index in [9.17, 15) is 14.0 Å². The molecule has 1 aliphatic heterocycles. The predicted octanol–water partition coefficient (Wildman–Crippen LogP) is 5.70. The number of amides is 2. The van der Waals surface area contributed by atoms with E-state index in [0.717, 1.165) is 39.5 Å². The largest absolute Gasteiger partial charge is 0.449 e. The van der Waals surface area contributed by atoms with Crippen LogP contribution in [0.5, 0.6) is 0 Å². The zero-order chi connectivity index (χ0) is 26.6. The third kappa shape index (κ3) is 3.87. The molecule has 0 bridgehead atoms. The number of anilines is 1. The monoisotopic (exact) mass is 512 g/mol. The smallest absolute Gasteiger partial charge is 0.414 e. The molecule has 6 rings (SSSR count). The average molecular weight is 513 g/mol. The van der Waals surface area contributed by atoms with Gasteiger partial charge in [-0.1, -0.05) is 17.3 Å². The predicted molar refractivity (Wildman–Crippen MR) is 142 cm³/mol. The fourth-order valence-electron chi connectivity index (χ4n) is 5.34. The molecule has 2 aromatic heterocycles. The Labute approximate surface area is 217 Å². The van der Waals surface area contributed by atoms with E-state index >= 15 is 0 Å². The summed E-state index contributed by atoms with van der Waals surface area (Å²) in [5.41, 5.74) is 11.7. The maximum atomic E-state index is 13.6. The number of carbonyl (C=O) groups is 2.